The highest BCUT2D eigenvalue weighted by Crippen LogP contribution is 2.33. The fourth-order valence-corrected chi connectivity index (χ4v) is 4.83. The van der Waals surface area contributed by atoms with E-state index in [0.717, 1.165) is 6.07 Å². The topological polar surface area (TPSA) is 93.8 Å². The van der Waals surface area contributed by atoms with Gasteiger partial charge >= 0.3 is 6.03 Å². The van der Waals surface area contributed by atoms with Crippen molar-refractivity contribution in [2.45, 2.75) is 31.8 Å². The van der Waals surface area contributed by atoms with Gasteiger partial charge in [0.2, 0.25) is 5.91 Å². The van der Waals surface area contributed by atoms with Crippen molar-refractivity contribution < 1.29 is 23.2 Å². The van der Waals surface area contributed by atoms with Gasteiger partial charge in [0, 0.05) is 62.4 Å². The van der Waals surface area contributed by atoms with E-state index >= 15 is 0 Å². The number of piperazine rings is 1. The predicted molar refractivity (Wildman–Crippen MR) is 109 cm³/mol. The molecule has 31 heavy (non-hydrogen) atoms. The average molecular weight is 435 g/mol. The Balaban J connectivity index is 1.42. The number of carbonyl (C=O) groups is 3. The van der Waals surface area contributed by atoms with E-state index in [1.807, 2.05) is 11.8 Å². The van der Waals surface area contributed by atoms with Crippen LogP contribution in [0.3, 0.4) is 0 Å². The van der Waals surface area contributed by atoms with Crippen LogP contribution in [0.15, 0.2) is 18.2 Å². The van der Waals surface area contributed by atoms with Gasteiger partial charge in [-0.1, -0.05) is 6.92 Å². The number of benzene rings is 1. The second-order valence-corrected chi connectivity index (χ2v) is 8.77. The van der Waals surface area contributed by atoms with Crippen LogP contribution in [0.5, 0.6) is 0 Å². The number of hydrogen-bond donors (Lipinski definition) is 3. The van der Waals surface area contributed by atoms with Gasteiger partial charge < -0.3 is 20.4 Å². The molecule has 3 fully saturated rings. The molecule has 10 heteroatoms. The molecule has 0 saturated carbocycles. The van der Waals surface area contributed by atoms with E-state index in [4.69, 9.17) is 0 Å². The Labute approximate surface area is 179 Å². The van der Waals surface area contributed by atoms with Crippen molar-refractivity contribution in [1.29, 1.82) is 0 Å². The van der Waals surface area contributed by atoms with E-state index in [9.17, 15) is 23.2 Å². The summed E-state index contributed by atoms with van der Waals surface area (Å²) in [4.78, 5) is 41.2. The molecule has 3 heterocycles. The van der Waals surface area contributed by atoms with Crippen LogP contribution in [-0.4, -0.2) is 67.0 Å². The number of nitrogens with zero attached hydrogens (tertiary/aromatic N) is 2. The van der Waals surface area contributed by atoms with Crippen LogP contribution in [0.2, 0.25) is 0 Å². The Morgan fingerprint density at radius 1 is 1.23 bits per heavy atom. The first-order valence-corrected chi connectivity index (χ1v) is 10.6. The summed E-state index contributed by atoms with van der Waals surface area (Å²) in [5.74, 6) is -2.77. The molecule has 168 valence electrons. The van der Waals surface area contributed by atoms with Gasteiger partial charge in [-0.2, -0.15) is 0 Å². The molecule has 1 aromatic rings. The van der Waals surface area contributed by atoms with Crippen molar-refractivity contribution in [2.75, 3.05) is 37.6 Å². The lowest BCUT2D eigenvalue weighted by Gasteiger charge is -2.44. The Hall–Kier alpha value is -2.75. The maximum atomic E-state index is 13.6. The molecule has 0 aromatic heterocycles. The zero-order valence-electron chi connectivity index (χ0n) is 17.6. The van der Waals surface area contributed by atoms with Gasteiger partial charge in [-0.15, -0.1) is 0 Å². The first kappa shape index (κ1) is 21.5. The largest absolute Gasteiger partial charge is 0.365 e. The Morgan fingerprint density at radius 2 is 1.97 bits per heavy atom. The fraction of sp³-hybridized carbons (Fsp3) is 0.571. The minimum absolute atomic E-state index is 0.0571. The van der Waals surface area contributed by atoms with Crippen LogP contribution in [0.4, 0.5) is 19.3 Å². The maximum absolute atomic E-state index is 13.6. The number of rotatable bonds is 5. The molecule has 2 unspecified atom stereocenters. The first-order chi connectivity index (χ1) is 14.7. The minimum atomic E-state index is -1.07. The van der Waals surface area contributed by atoms with Gasteiger partial charge in [0.15, 0.2) is 11.6 Å². The van der Waals surface area contributed by atoms with Crippen molar-refractivity contribution in [3.8, 4) is 0 Å². The summed E-state index contributed by atoms with van der Waals surface area (Å²) in [7, 11) is 0. The number of nitrogens with one attached hydrogen (secondary N) is 3. The van der Waals surface area contributed by atoms with Crippen LogP contribution in [0.1, 0.15) is 20.3 Å². The molecule has 8 nitrogen and oxygen atoms in total. The molecule has 4 rings (SSSR count). The summed E-state index contributed by atoms with van der Waals surface area (Å²) in [5, 5.41) is 8.20. The Kier molecular flexibility index (Phi) is 5.59. The quantitative estimate of drug-likeness (QED) is 0.596. The normalized spacial score (nSPS) is 27.5. The molecule has 3 aliphatic rings. The number of halogens is 2. The van der Waals surface area contributed by atoms with Gasteiger partial charge in [0.05, 0.1) is 0 Å². The molecule has 1 aromatic carbocycles. The lowest BCUT2D eigenvalue weighted by molar-refractivity contribution is -0.138. The molecular formula is C21H27F2N5O3. The highest BCUT2D eigenvalue weighted by atomic mass is 19.2. The third-order valence-electron chi connectivity index (χ3n) is 6.67. The lowest BCUT2D eigenvalue weighted by Crippen LogP contribution is -2.65. The third-order valence-corrected chi connectivity index (χ3v) is 6.67. The number of hydrogen-bond acceptors (Lipinski definition) is 5. The fourth-order valence-electron chi connectivity index (χ4n) is 4.83. The molecule has 4 amide bonds. The van der Waals surface area contributed by atoms with Gasteiger partial charge in [-0.25, -0.2) is 13.6 Å². The third kappa shape index (κ3) is 3.84. The molecule has 0 spiro atoms. The Bertz CT molecular complexity index is 909. The van der Waals surface area contributed by atoms with E-state index in [1.165, 1.54) is 12.1 Å². The number of amides is 4. The molecule has 3 N–H and O–H groups in total. The number of urea groups is 1. The number of anilines is 1. The first-order valence-electron chi connectivity index (χ1n) is 10.6. The van der Waals surface area contributed by atoms with Crippen molar-refractivity contribution in [3.05, 3.63) is 29.8 Å². The highest BCUT2D eigenvalue weighted by Gasteiger charge is 2.54. The van der Waals surface area contributed by atoms with E-state index in [1.54, 1.807) is 11.8 Å². The van der Waals surface area contributed by atoms with Gasteiger partial charge in [-0.05, 0) is 25.5 Å². The molecular weight excluding hydrogens is 408 g/mol. The van der Waals surface area contributed by atoms with E-state index < -0.39 is 29.1 Å². The van der Waals surface area contributed by atoms with E-state index in [0.29, 0.717) is 38.4 Å². The highest BCUT2D eigenvalue weighted by molar-refractivity contribution is 6.07. The summed E-state index contributed by atoms with van der Waals surface area (Å²) in [6, 6.07) is 3.20. The van der Waals surface area contributed by atoms with Crippen LogP contribution in [0.25, 0.3) is 0 Å². The molecule has 3 aliphatic heterocycles. The van der Waals surface area contributed by atoms with Crippen LogP contribution >= 0.6 is 0 Å². The van der Waals surface area contributed by atoms with Crippen molar-refractivity contribution in [2.24, 2.45) is 11.8 Å². The average Bonchev–Trinajstić information content (AvgIpc) is 2.95. The number of imide groups is 1. The molecule has 0 radical (unpaired) electrons. The van der Waals surface area contributed by atoms with Crippen molar-refractivity contribution >= 4 is 23.5 Å². The molecule has 3 saturated heterocycles. The van der Waals surface area contributed by atoms with Gasteiger partial charge in [0.1, 0.15) is 5.54 Å². The van der Waals surface area contributed by atoms with Crippen LogP contribution < -0.4 is 20.9 Å². The smallest absolute Gasteiger partial charge is 0.322 e. The summed E-state index contributed by atoms with van der Waals surface area (Å²) in [6.07, 6.45) is 0.230. The maximum Gasteiger partial charge on any atom is 0.322 e. The number of carbonyl (C=O) groups excluding carboxylic acids is 3. The zero-order valence-corrected chi connectivity index (χ0v) is 17.6. The molecule has 0 bridgehead atoms. The SMILES string of the molecule is CC(CC1(C2CNC2)NC(=O)NC1=O)C(=O)N1CCN(c2ccc(F)c(F)c2)[C@@H](C)C1. The lowest BCUT2D eigenvalue weighted by atomic mass is 9.74. The van der Waals surface area contributed by atoms with E-state index in [2.05, 4.69) is 16.0 Å². The summed E-state index contributed by atoms with van der Waals surface area (Å²) in [6.45, 7) is 6.27. The predicted octanol–water partition coefficient (Wildman–Crippen LogP) is 0.826. The molecule has 0 aliphatic carbocycles. The Morgan fingerprint density at radius 3 is 2.52 bits per heavy atom. The summed E-state index contributed by atoms with van der Waals surface area (Å²) in [5.41, 5.74) is -0.496. The van der Waals surface area contributed by atoms with Crippen LogP contribution in [-0.2, 0) is 9.59 Å². The second kappa shape index (κ2) is 8.07. The van der Waals surface area contributed by atoms with Gasteiger partial charge in [0.25, 0.3) is 5.91 Å². The summed E-state index contributed by atoms with van der Waals surface area (Å²) >= 11 is 0. The van der Waals surface area contributed by atoms with Crippen LogP contribution in [0, 0.1) is 23.5 Å². The van der Waals surface area contributed by atoms with Crippen molar-refractivity contribution in [3.63, 3.8) is 0 Å². The second-order valence-electron chi connectivity index (χ2n) is 8.77. The zero-order chi connectivity index (χ0) is 22.3. The van der Waals surface area contributed by atoms with E-state index in [-0.39, 0.29) is 30.2 Å². The standard InChI is InChI=1S/C21H27F2N5O3/c1-12(8-21(14-9-24-10-14)19(30)25-20(31)26-21)18(29)27-5-6-28(13(2)11-27)15-3-4-16(22)17(23)7-15/h3-4,7,12-14,24H,5-6,8-11H2,1-2H3,(H2,25,26,30,31)/t12?,13-,21?/m0/s1. The molecule has 3 atom stereocenters. The monoisotopic (exact) mass is 435 g/mol. The summed E-state index contributed by atoms with van der Waals surface area (Å²) < 4.78 is 26.9. The van der Waals surface area contributed by atoms with Crippen molar-refractivity contribution in [1.82, 2.24) is 20.9 Å². The minimum Gasteiger partial charge on any atom is -0.365 e. The van der Waals surface area contributed by atoms with Gasteiger partial charge in [-0.3, -0.25) is 14.9 Å².